The van der Waals surface area contributed by atoms with Crippen LogP contribution in [0.5, 0.6) is 0 Å². The van der Waals surface area contributed by atoms with Gasteiger partial charge in [-0.3, -0.25) is 14.4 Å². The maximum Gasteiger partial charge on any atom is 0.253 e. The summed E-state index contributed by atoms with van der Waals surface area (Å²) in [5.74, 6) is -0.0208. The number of anilines is 1. The largest absolute Gasteiger partial charge is 0.376 e. The number of hydrogen-bond donors (Lipinski definition) is 2. The van der Waals surface area contributed by atoms with E-state index in [1.165, 1.54) is 0 Å². The smallest absolute Gasteiger partial charge is 0.253 e. The highest BCUT2D eigenvalue weighted by Crippen LogP contribution is 2.40. The molecule has 2 aliphatic carbocycles. The van der Waals surface area contributed by atoms with Crippen LogP contribution in [0.25, 0.3) is 0 Å². The number of carbonyl (C=O) groups excluding carboxylic acids is 3. The van der Waals surface area contributed by atoms with Crippen LogP contribution >= 0.6 is 0 Å². The number of fused-ring (bicyclic) bond motifs is 2. The Kier molecular flexibility index (Phi) is 5.76. The third-order valence-electron chi connectivity index (χ3n) is 6.36. The molecule has 3 aliphatic rings. The summed E-state index contributed by atoms with van der Waals surface area (Å²) in [4.78, 5) is 37.8. The fourth-order valence-electron chi connectivity index (χ4n) is 4.83. The van der Waals surface area contributed by atoms with Gasteiger partial charge in [-0.1, -0.05) is 18.6 Å². The minimum atomic E-state index is -0.206. The zero-order valence-electron chi connectivity index (χ0n) is 16.1. The molecule has 150 valence electrons. The second-order valence-corrected chi connectivity index (χ2v) is 8.28. The van der Waals surface area contributed by atoms with Crippen molar-refractivity contribution >= 4 is 23.3 Å². The number of nitrogens with one attached hydrogen (secondary N) is 2. The van der Waals surface area contributed by atoms with Gasteiger partial charge < -0.3 is 15.4 Å². The molecular formula is C22H28N2O4. The predicted molar refractivity (Wildman–Crippen MR) is 105 cm³/mol. The highest BCUT2D eigenvalue weighted by molar-refractivity contribution is 6.04. The Morgan fingerprint density at radius 2 is 1.79 bits per heavy atom. The number of hydrogen-bond acceptors (Lipinski definition) is 4. The van der Waals surface area contributed by atoms with Gasteiger partial charge in [-0.05, 0) is 50.7 Å². The van der Waals surface area contributed by atoms with E-state index in [1.54, 1.807) is 18.2 Å². The second kappa shape index (κ2) is 8.43. The van der Waals surface area contributed by atoms with E-state index >= 15 is 0 Å². The molecule has 2 bridgehead atoms. The van der Waals surface area contributed by atoms with Gasteiger partial charge in [0.1, 0.15) is 5.78 Å². The summed E-state index contributed by atoms with van der Waals surface area (Å²) in [6, 6.07) is 7.08. The zero-order chi connectivity index (χ0) is 19.5. The lowest BCUT2D eigenvalue weighted by Gasteiger charge is -2.37. The second-order valence-electron chi connectivity index (χ2n) is 8.28. The van der Waals surface area contributed by atoms with Gasteiger partial charge in [-0.15, -0.1) is 0 Å². The van der Waals surface area contributed by atoms with Crippen molar-refractivity contribution in [3.05, 3.63) is 29.8 Å². The van der Waals surface area contributed by atoms with E-state index < -0.39 is 0 Å². The molecule has 0 spiro atoms. The Bertz CT molecular complexity index is 741. The Balaban J connectivity index is 1.39. The third kappa shape index (κ3) is 4.12. The monoisotopic (exact) mass is 384 g/mol. The zero-order valence-corrected chi connectivity index (χ0v) is 16.1. The molecule has 1 heterocycles. The first-order valence-electron chi connectivity index (χ1n) is 10.4. The topological polar surface area (TPSA) is 84.5 Å². The molecule has 6 nitrogen and oxygen atoms in total. The number of ketones is 1. The summed E-state index contributed by atoms with van der Waals surface area (Å²) >= 11 is 0. The maximum atomic E-state index is 12.9. The average Bonchev–Trinajstić information content (AvgIpc) is 3.20. The highest BCUT2D eigenvalue weighted by atomic mass is 16.5. The molecule has 3 unspecified atom stereocenters. The molecule has 1 aromatic carbocycles. The van der Waals surface area contributed by atoms with E-state index in [-0.39, 0.29) is 35.7 Å². The van der Waals surface area contributed by atoms with Crippen LogP contribution in [0.2, 0.25) is 0 Å². The lowest BCUT2D eigenvalue weighted by Crippen LogP contribution is -2.40. The minimum Gasteiger partial charge on any atom is -0.376 e. The van der Waals surface area contributed by atoms with E-state index in [2.05, 4.69) is 10.6 Å². The standard InChI is InChI=1S/C22H28N2O4/c25-20-14-5-3-6-15(20)12-16(11-14)21(26)24-19-9-2-1-8-18(19)22(27)23-13-17-7-4-10-28-17/h1-2,8-9,14-17H,3-7,10-13H2,(H,23,27)(H,24,26). The third-order valence-corrected chi connectivity index (χ3v) is 6.36. The molecule has 2 N–H and O–H groups in total. The van der Waals surface area contributed by atoms with E-state index in [0.717, 1.165) is 38.7 Å². The summed E-state index contributed by atoms with van der Waals surface area (Å²) < 4.78 is 5.55. The highest BCUT2D eigenvalue weighted by Gasteiger charge is 2.41. The van der Waals surface area contributed by atoms with Crippen LogP contribution in [0.3, 0.4) is 0 Å². The molecule has 28 heavy (non-hydrogen) atoms. The van der Waals surface area contributed by atoms with Gasteiger partial charge in [0.25, 0.3) is 5.91 Å². The van der Waals surface area contributed by atoms with Crippen LogP contribution in [0, 0.1) is 17.8 Å². The SMILES string of the molecule is O=C(NCC1CCCO1)c1ccccc1NC(=O)C1CC2CCCC(C1)C2=O. The predicted octanol–water partition coefficient (Wildman–Crippen LogP) is 2.93. The van der Waals surface area contributed by atoms with Crippen molar-refractivity contribution in [1.29, 1.82) is 0 Å². The van der Waals surface area contributed by atoms with Crippen molar-refractivity contribution in [3.63, 3.8) is 0 Å². The Morgan fingerprint density at radius 1 is 1.04 bits per heavy atom. The van der Waals surface area contributed by atoms with E-state index in [1.807, 2.05) is 6.07 Å². The van der Waals surface area contributed by atoms with Crippen LogP contribution in [0.4, 0.5) is 5.69 Å². The molecular weight excluding hydrogens is 356 g/mol. The number of amides is 2. The Labute approximate surface area is 165 Å². The average molecular weight is 384 g/mol. The molecule has 3 atom stereocenters. The van der Waals surface area contributed by atoms with Crippen LogP contribution in [0.1, 0.15) is 55.3 Å². The molecule has 1 aliphatic heterocycles. The van der Waals surface area contributed by atoms with Crippen LogP contribution in [-0.2, 0) is 14.3 Å². The fourth-order valence-corrected chi connectivity index (χ4v) is 4.83. The van der Waals surface area contributed by atoms with Gasteiger partial charge >= 0.3 is 0 Å². The number of rotatable bonds is 5. The normalized spacial score (nSPS) is 29.4. The lowest BCUT2D eigenvalue weighted by atomic mass is 9.67. The minimum absolute atomic E-state index is 0.0354. The molecule has 4 rings (SSSR count). The van der Waals surface area contributed by atoms with E-state index in [9.17, 15) is 14.4 Å². The first kappa shape index (κ1) is 19.1. The molecule has 2 saturated carbocycles. The number of Topliss-reactive ketones (excluding diaryl/α,β-unsaturated/α-hetero) is 1. The molecule has 0 aromatic heterocycles. The summed E-state index contributed by atoms with van der Waals surface area (Å²) in [7, 11) is 0. The lowest BCUT2D eigenvalue weighted by molar-refractivity contribution is -0.136. The summed E-state index contributed by atoms with van der Waals surface area (Å²) in [5, 5.41) is 5.86. The number of benzene rings is 1. The maximum absolute atomic E-state index is 12.9. The summed E-state index contributed by atoms with van der Waals surface area (Å²) in [5.41, 5.74) is 0.986. The van der Waals surface area contributed by atoms with Crippen molar-refractivity contribution in [2.24, 2.45) is 17.8 Å². The van der Waals surface area contributed by atoms with Crippen LogP contribution in [-0.4, -0.2) is 36.9 Å². The van der Waals surface area contributed by atoms with Gasteiger partial charge in [0, 0.05) is 30.9 Å². The number of carbonyl (C=O) groups is 3. The summed E-state index contributed by atoms with van der Waals surface area (Å²) in [6.07, 6.45) is 6.22. The van der Waals surface area contributed by atoms with Gasteiger partial charge in [-0.2, -0.15) is 0 Å². The first-order valence-corrected chi connectivity index (χ1v) is 10.4. The molecule has 2 amide bonds. The fraction of sp³-hybridized carbons (Fsp3) is 0.591. The van der Waals surface area contributed by atoms with Crippen molar-refractivity contribution in [3.8, 4) is 0 Å². The quantitative estimate of drug-likeness (QED) is 0.817. The van der Waals surface area contributed by atoms with Crippen molar-refractivity contribution in [2.75, 3.05) is 18.5 Å². The van der Waals surface area contributed by atoms with Gasteiger partial charge in [0.05, 0.1) is 17.4 Å². The van der Waals surface area contributed by atoms with Gasteiger partial charge in [0.2, 0.25) is 5.91 Å². The van der Waals surface area contributed by atoms with Crippen molar-refractivity contribution < 1.29 is 19.1 Å². The molecule has 0 radical (unpaired) electrons. The molecule has 3 fully saturated rings. The number of para-hydroxylation sites is 1. The van der Waals surface area contributed by atoms with Crippen LogP contribution in [0.15, 0.2) is 24.3 Å². The van der Waals surface area contributed by atoms with Crippen molar-refractivity contribution in [1.82, 2.24) is 5.32 Å². The molecule has 1 saturated heterocycles. The Hall–Kier alpha value is -2.21. The van der Waals surface area contributed by atoms with Gasteiger partial charge in [-0.25, -0.2) is 0 Å². The first-order chi connectivity index (χ1) is 13.6. The van der Waals surface area contributed by atoms with E-state index in [4.69, 9.17) is 4.74 Å². The van der Waals surface area contributed by atoms with E-state index in [0.29, 0.717) is 36.4 Å². The molecule has 1 aromatic rings. The Morgan fingerprint density at radius 3 is 2.50 bits per heavy atom. The summed E-state index contributed by atoms with van der Waals surface area (Å²) in [6.45, 7) is 1.23. The van der Waals surface area contributed by atoms with Crippen LogP contribution < -0.4 is 10.6 Å². The van der Waals surface area contributed by atoms with Gasteiger partial charge in [0.15, 0.2) is 0 Å². The van der Waals surface area contributed by atoms with Crippen molar-refractivity contribution in [2.45, 2.75) is 51.0 Å². The number of ether oxygens (including phenoxy) is 1. The molecule has 6 heteroatoms.